The minimum Gasteiger partial charge on any atom is -0.357 e. The Labute approximate surface area is 180 Å². The minimum absolute atomic E-state index is 0. The van der Waals surface area contributed by atoms with Crippen LogP contribution >= 0.6 is 35.3 Å². The van der Waals surface area contributed by atoms with E-state index in [1.54, 1.807) is 11.3 Å². The highest BCUT2D eigenvalue weighted by atomic mass is 127. The van der Waals surface area contributed by atoms with Crippen LogP contribution in [0.2, 0.25) is 0 Å². The number of hydrogen-bond donors (Lipinski definition) is 3. The van der Waals surface area contributed by atoms with Gasteiger partial charge in [0.1, 0.15) is 12.4 Å². The molecule has 1 aromatic heterocycles. The van der Waals surface area contributed by atoms with E-state index in [9.17, 15) is 9.18 Å². The second-order valence-electron chi connectivity index (χ2n) is 5.68. The van der Waals surface area contributed by atoms with Crippen LogP contribution in [-0.4, -0.2) is 36.5 Å². The molecule has 0 radical (unpaired) electrons. The Hall–Kier alpha value is -1.75. The summed E-state index contributed by atoms with van der Waals surface area (Å²) in [5.74, 6) is -0.0305. The third-order valence-corrected chi connectivity index (χ3v) is 4.69. The molecule has 2 rings (SSSR count). The first-order chi connectivity index (χ1) is 12.5. The van der Waals surface area contributed by atoms with Crippen molar-refractivity contribution in [2.24, 2.45) is 4.99 Å². The molecule has 0 fully saturated rings. The monoisotopic (exact) mass is 505 g/mol. The molecule has 9 heteroatoms. The van der Waals surface area contributed by atoms with Gasteiger partial charge in [0.05, 0.1) is 10.7 Å². The van der Waals surface area contributed by atoms with Crippen molar-refractivity contribution in [1.82, 2.24) is 15.6 Å². The molecule has 1 heterocycles. The Morgan fingerprint density at radius 3 is 2.52 bits per heavy atom. The summed E-state index contributed by atoms with van der Waals surface area (Å²) >= 11 is 1.70. The van der Waals surface area contributed by atoms with Gasteiger partial charge in [-0.3, -0.25) is 4.79 Å². The standard InChI is InChI=1S/C18H24FN5OS.HI/c1-4-20-18(21-10-9-17-23-12(2)13(3)26-17)22-11-16(25)24-15-7-5-14(19)6-8-15;/h5-8H,4,9-11H2,1-3H3,(H,24,25)(H2,20,21,22);1H. The van der Waals surface area contributed by atoms with Gasteiger partial charge in [0.2, 0.25) is 5.91 Å². The largest absolute Gasteiger partial charge is 0.357 e. The summed E-state index contributed by atoms with van der Waals surface area (Å²) < 4.78 is 12.9. The van der Waals surface area contributed by atoms with Crippen LogP contribution in [0.3, 0.4) is 0 Å². The van der Waals surface area contributed by atoms with Crippen LogP contribution in [0, 0.1) is 19.7 Å². The van der Waals surface area contributed by atoms with Gasteiger partial charge in [-0.25, -0.2) is 14.4 Å². The van der Waals surface area contributed by atoms with Crippen molar-refractivity contribution >= 4 is 52.9 Å². The Morgan fingerprint density at radius 1 is 1.22 bits per heavy atom. The maximum absolute atomic E-state index is 12.9. The molecule has 0 unspecified atom stereocenters. The second kappa shape index (κ2) is 11.9. The molecule has 0 aliphatic carbocycles. The molecular formula is C18H25FIN5OS. The zero-order valence-corrected chi connectivity index (χ0v) is 18.8. The third-order valence-electron chi connectivity index (χ3n) is 3.56. The molecule has 0 spiro atoms. The van der Waals surface area contributed by atoms with Gasteiger partial charge in [0, 0.05) is 30.1 Å². The summed E-state index contributed by atoms with van der Waals surface area (Å²) in [6.45, 7) is 7.38. The quantitative estimate of drug-likeness (QED) is 0.307. The summed E-state index contributed by atoms with van der Waals surface area (Å²) in [6.07, 6.45) is 0.797. The molecule has 1 amide bonds. The Bertz CT molecular complexity index is 744. The minimum atomic E-state index is -0.342. The number of halogens is 2. The molecule has 0 bridgehead atoms. The van der Waals surface area contributed by atoms with Gasteiger partial charge in [-0.2, -0.15) is 0 Å². The molecule has 27 heavy (non-hydrogen) atoms. The molecule has 0 atom stereocenters. The molecular weight excluding hydrogens is 480 g/mol. The van der Waals surface area contributed by atoms with Gasteiger partial charge >= 0.3 is 0 Å². The number of anilines is 1. The lowest BCUT2D eigenvalue weighted by atomic mass is 10.3. The van der Waals surface area contributed by atoms with E-state index < -0.39 is 0 Å². The fraction of sp³-hybridized carbons (Fsp3) is 0.389. The lowest BCUT2D eigenvalue weighted by Crippen LogP contribution is -2.39. The van der Waals surface area contributed by atoms with Gasteiger partial charge in [-0.1, -0.05) is 0 Å². The number of amides is 1. The molecule has 0 saturated heterocycles. The molecule has 3 N–H and O–H groups in total. The number of nitrogens with zero attached hydrogens (tertiary/aromatic N) is 2. The zero-order valence-electron chi connectivity index (χ0n) is 15.6. The predicted octanol–water partition coefficient (Wildman–Crippen LogP) is 3.25. The predicted molar refractivity (Wildman–Crippen MR) is 120 cm³/mol. The maximum Gasteiger partial charge on any atom is 0.246 e. The lowest BCUT2D eigenvalue weighted by Gasteiger charge is -2.10. The van der Waals surface area contributed by atoms with Gasteiger partial charge in [0.15, 0.2) is 5.96 Å². The van der Waals surface area contributed by atoms with E-state index in [2.05, 4.69) is 32.9 Å². The number of aliphatic imine (C=N–C) groups is 1. The number of thiazole rings is 1. The number of hydrogen-bond acceptors (Lipinski definition) is 4. The first-order valence-corrected chi connectivity index (χ1v) is 9.30. The smallest absolute Gasteiger partial charge is 0.246 e. The van der Waals surface area contributed by atoms with Gasteiger partial charge in [-0.05, 0) is 45.0 Å². The van der Waals surface area contributed by atoms with Gasteiger partial charge < -0.3 is 16.0 Å². The maximum atomic E-state index is 12.9. The van der Waals surface area contributed by atoms with Crippen LogP contribution < -0.4 is 16.0 Å². The van der Waals surface area contributed by atoms with Crippen molar-refractivity contribution in [1.29, 1.82) is 0 Å². The average Bonchev–Trinajstić information content (AvgIpc) is 2.92. The van der Waals surface area contributed by atoms with Crippen molar-refractivity contribution in [3.63, 3.8) is 0 Å². The molecule has 2 aromatic rings. The van der Waals surface area contributed by atoms with Crippen molar-refractivity contribution in [3.05, 3.63) is 45.7 Å². The summed E-state index contributed by atoms with van der Waals surface area (Å²) in [4.78, 5) is 22.0. The van der Waals surface area contributed by atoms with Crippen LogP contribution in [-0.2, 0) is 11.2 Å². The first-order valence-electron chi connectivity index (χ1n) is 8.48. The molecule has 148 valence electrons. The number of carbonyl (C=O) groups excluding carboxylic acids is 1. The van der Waals surface area contributed by atoms with E-state index in [0.29, 0.717) is 24.7 Å². The van der Waals surface area contributed by atoms with Crippen LogP contribution in [0.25, 0.3) is 0 Å². The second-order valence-corrected chi connectivity index (χ2v) is 6.96. The number of carbonyl (C=O) groups is 1. The van der Waals surface area contributed by atoms with Crippen LogP contribution in [0.15, 0.2) is 29.3 Å². The zero-order chi connectivity index (χ0) is 18.9. The Morgan fingerprint density at radius 2 is 1.93 bits per heavy atom. The van der Waals surface area contributed by atoms with E-state index in [1.807, 2.05) is 13.8 Å². The lowest BCUT2D eigenvalue weighted by molar-refractivity contribution is -0.114. The van der Waals surface area contributed by atoms with Crippen LogP contribution in [0.4, 0.5) is 10.1 Å². The van der Waals surface area contributed by atoms with Crippen LogP contribution in [0.1, 0.15) is 22.5 Å². The highest BCUT2D eigenvalue weighted by Crippen LogP contribution is 2.16. The highest BCUT2D eigenvalue weighted by Gasteiger charge is 2.06. The normalized spacial score (nSPS) is 10.9. The van der Waals surface area contributed by atoms with E-state index in [-0.39, 0.29) is 42.2 Å². The third kappa shape index (κ3) is 8.21. The Kier molecular flexibility index (Phi) is 10.2. The van der Waals surface area contributed by atoms with E-state index >= 15 is 0 Å². The summed E-state index contributed by atoms with van der Waals surface area (Å²) in [5.41, 5.74) is 1.61. The van der Waals surface area contributed by atoms with E-state index in [1.165, 1.54) is 29.1 Å². The Balaban J connectivity index is 0.00000364. The van der Waals surface area contributed by atoms with E-state index in [4.69, 9.17) is 0 Å². The van der Waals surface area contributed by atoms with Crippen molar-refractivity contribution in [3.8, 4) is 0 Å². The topological polar surface area (TPSA) is 78.4 Å². The number of rotatable bonds is 7. The average molecular weight is 505 g/mol. The van der Waals surface area contributed by atoms with Crippen molar-refractivity contribution < 1.29 is 9.18 Å². The van der Waals surface area contributed by atoms with Crippen molar-refractivity contribution in [2.75, 3.05) is 25.0 Å². The number of aryl methyl sites for hydroxylation is 2. The van der Waals surface area contributed by atoms with Gasteiger partial charge in [-0.15, -0.1) is 35.3 Å². The molecule has 1 aromatic carbocycles. The summed E-state index contributed by atoms with van der Waals surface area (Å²) in [7, 11) is 0. The number of guanidine groups is 1. The summed E-state index contributed by atoms with van der Waals surface area (Å²) in [5, 5.41) is 10.1. The summed E-state index contributed by atoms with van der Waals surface area (Å²) in [6, 6.07) is 5.62. The van der Waals surface area contributed by atoms with Crippen molar-refractivity contribution in [2.45, 2.75) is 27.2 Å². The number of aromatic nitrogens is 1. The molecule has 0 aliphatic rings. The SMILES string of the molecule is CCNC(=NCC(=O)Nc1ccc(F)cc1)NCCc1nc(C)c(C)s1.I. The fourth-order valence-corrected chi connectivity index (χ4v) is 3.09. The van der Waals surface area contributed by atoms with Crippen LogP contribution in [0.5, 0.6) is 0 Å². The fourth-order valence-electron chi connectivity index (χ4n) is 2.16. The number of benzene rings is 1. The van der Waals surface area contributed by atoms with E-state index in [0.717, 1.165) is 17.1 Å². The molecule has 0 aliphatic heterocycles. The molecule has 6 nitrogen and oxygen atoms in total. The highest BCUT2D eigenvalue weighted by molar-refractivity contribution is 14.0. The number of nitrogens with one attached hydrogen (secondary N) is 3. The van der Waals surface area contributed by atoms with Gasteiger partial charge in [0.25, 0.3) is 0 Å². The molecule has 0 saturated carbocycles. The first kappa shape index (κ1) is 23.3.